The van der Waals surface area contributed by atoms with E-state index in [1.54, 1.807) is 25.2 Å². The maximum Gasteiger partial charge on any atom is 0.153 e. The van der Waals surface area contributed by atoms with E-state index in [1.807, 2.05) is 12.3 Å². The van der Waals surface area contributed by atoms with Crippen LogP contribution in [0.15, 0.2) is 16.8 Å². The zero-order valence-electron chi connectivity index (χ0n) is 9.93. The van der Waals surface area contributed by atoms with Gasteiger partial charge in [0.1, 0.15) is 0 Å². The normalized spacial score (nSPS) is 14.2. The van der Waals surface area contributed by atoms with E-state index in [1.165, 1.54) is 5.56 Å². The fourth-order valence-corrected chi connectivity index (χ4v) is 2.92. The third-order valence-corrected chi connectivity index (χ3v) is 5.51. The molecule has 0 bridgehead atoms. The summed E-state index contributed by atoms with van der Waals surface area (Å²) in [5.74, 6) is 0.207. The summed E-state index contributed by atoms with van der Waals surface area (Å²) in [6.45, 7) is 6.00. The Bertz CT molecular complexity index is 396. The van der Waals surface area contributed by atoms with Crippen LogP contribution in [0.3, 0.4) is 0 Å². The van der Waals surface area contributed by atoms with Crippen LogP contribution in [-0.2, 0) is 9.84 Å². The largest absolute Gasteiger partial charge is 0.309 e. The highest BCUT2D eigenvalue weighted by Gasteiger charge is 2.15. The second kappa shape index (κ2) is 5.80. The summed E-state index contributed by atoms with van der Waals surface area (Å²) in [5.41, 5.74) is 1.21. The second-order valence-corrected chi connectivity index (χ2v) is 7.61. The van der Waals surface area contributed by atoms with E-state index in [9.17, 15) is 8.42 Å². The number of thiophene rings is 1. The first-order valence-corrected chi connectivity index (χ1v) is 8.06. The minimum Gasteiger partial charge on any atom is -0.309 e. The molecule has 1 aromatic rings. The number of rotatable bonds is 6. The highest BCUT2D eigenvalue weighted by molar-refractivity contribution is 7.92. The van der Waals surface area contributed by atoms with Gasteiger partial charge in [0.2, 0.25) is 0 Å². The standard InChI is InChI=1S/C11H19NO2S2/c1-9(2)16(13,14)7-5-12-10(3)11-4-6-15-8-11/h4,6,8-10,12H,5,7H2,1-3H3. The van der Waals surface area contributed by atoms with Crippen LogP contribution in [0, 0.1) is 0 Å². The molecule has 0 saturated carbocycles. The third-order valence-electron chi connectivity index (χ3n) is 2.60. The quantitative estimate of drug-likeness (QED) is 0.854. The average molecular weight is 261 g/mol. The minimum absolute atomic E-state index is 0.207. The molecule has 0 aromatic carbocycles. The molecule has 0 aliphatic carbocycles. The van der Waals surface area contributed by atoms with E-state index >= 15 is 0 Å². The summed E-state index contributed by atoms with van der Waals surface area (Å²) in [7, 11) is -2.92. The van der Waals surface area contributed by atoms with Crippen molar-refractivity contribution in [3.8, 4) is 0 Å². The SMILES string of the molecule is CC(NCCS(=O)(=O)C(C)C)c1ccsc1. The number of sulfone groups is 1. The minimum atomic E-state index is -2.92. The van der Waals surface area contributed by atoms with Gasteiger partial charge in [0.15, 0.2) is 9.84 Å². The summed E-state index contributed by atoms with van der Waals surface area (Å²) < 4.78 is 23.1. The molecule has 1 atom stereocenters. The zero-order valence-corrected chi connectivity index (χ0v) is 11.6. The molecule has 0 fully saturated rings. The predicted octanol–water partition coefficient (Wildman–Crippen LogP) is 2.22. The Morgan fingerprint density at radius 2 is 2.06 bits per heavy atom. The Morgan fingerprint density at radius 1 is 1.38 bits per heavy atom. The maximum absolute atomic E-state index is 11.6. The van der Waals surface area contributed by atoms with E-state index in [-0.39, 0.29) is 17.0 Å². The lowest BCUT2D eigenvalue weighted by Crippen LogP contribution is -2.28. The van der Waals surface area contributed by atoms with E-state index in [4.69, 9.17) is 0 Å². The smallest absolute Gasteiger partial charge is 0.153 e. The van der Waals surface area contributed by atoms with Gasteiger partial charge < -0.3 is 5.32 Å². The van der Waals surface area contributed by atoms with Crippen LogP contribution in [0.4, 0.5) is 0 Å². The van der Waals surface area contributed by atoms with Gasteiger partial charge in [-0.25, -0.2) is 8.42 Å². The van der Waals surface area contributed by atoms with Gasteiger partial charge in [0.25, 0.3) is 0 Å². The Kier molecular flexibility index (Phi) is 4.95. The van der Waals surface area contributed by atoms with Gasteiger partial charge in [-0.05, 0) is 43.2 Å². The van der Waals surface area contributed by atoms with Crippen LogP contribution in [0.1, 0.15) is 32.4 Å². The molecule has 1 N–H and O–H groups in total. The average Bonchev–Trinajstić information content (AvgIpc) is 2.69. The molecule has 1 heterocycles. The van der Waals surface area contributed by atoms with Crippen molar-refractivity contribution in [3.63, 3.8) is 0 Å². The van der Waals surface area contributed by atoms with Crippen molar-refractivity contribution < 1.29 is 8.42 Å². The first-order chi connectivity index (χ1) is 7.43. The van der Waals surface area contributed by atoms with Crippen LogP contribution in [0.5, 0.6) is 0 Å². The molecule has 0 aliphatic heterocycles. The van der Waals surface area contributed by atoms with Crippen molar-refractivity contribution in [1.82, 2.24) is 5.32 Å². The van der Waals surface area contributed by atoms with Gasteiger partial charge in [0, 0.05) is 12.6 Å². The van der Waals surface area contributed by atoms with Gasteiger partial charge in [0.05, 0.1) is 11.0 Å². The highest BCUT2D eigenvalue weighted by atomic mass is 32.2. The topological polar surface area (TPSA) is 46.2 Å². The molecule has 16 heavy (non-hydrogen) atoms. The van der Waals surface area contributed by atoms with Crippen molar-refractivity contribution in [2.24, 2.45) is 0 Å². The first-order valence-electron chi connectivity index (χ1n) is 5.40. The van der Waals surface area contributed by atoms with Crippen molar-refractivity contribution >= 4 is 21.2 Å². The lowest BCUT2D eigenvalue weighted by molar-refractivity contribution is 0.567. The molecule has 1 rings (SSSR count). The van der Waals surface area contributed by atoms with Gasteiger partial charge >= 0.3 is 0 Å². The molecule has 0 saturated heterocycles. The van der Waals surface area contributed by atoms with E-state index in [0.29, 0.717) is 6.54 Å². The number of nitrogens with one attached hydrogen (secondary N) is 1. The molecule has 1 unspecified atom stereocenters. The predicted molar refractivity (Wildman–Crippen MR) is 69.7 cm³/mol. The maximum atomic E-state index is 11.6. The van der Waals surface area contributed by atoms with Crippen LogP contribution in [-0.4, -0.2) is 26.0 Å². The monoisotopic (exact) mass is 261 g/mol. The molecule has 0 radical (unpaired) electrons. The van der Waals surface area contributed by atoms with E-state index < -0.39 is 9.84 Å². The van der Waals surface area contributed by atoms with Crippen molar-refractivity contribution in [3.05, 3.63) is 22.4 Å². The fourth-order valence-electron chi connectivity index (χ4n) is 1.29. The van der Waals surface area contributed by atoms with Gasteiger partial charge in [-0.3, -0.25) is 0 Å². The number of hydrogen-bond donors (Lipinski definition) is 1. The Morgan fingerprint density at radius 3 is 2.56 bits per heavy atom. The van der Waals surface area contributed by atoms with Gasteiger partial charge in [-0.15, -0.1) is 0 Å². The van der Waals surface area contributed by atoms with Crippen molar-refractivity contribution in [2.45, 2.75) is 32.1 Å². The summed E-state index contributed by atoms with van der Waals surface area (Å²) in [6, 6.07) is 2.27. The van der Waals surface area contributed by atoms with E-state index in [2.05, 4.69) is 16.8 Å². The van der Waals surface area contributed by atoms with Gasteiger partial charge in [-0.2, -0.15) is 11.3 Å². The van der Waals surface area contributed by atoms with Crippen molar-refractivity contribution in [1.29, 1.82) is 0 Å². The summed E-state index contributed by atoms with van der Waals surface area (Å²) in [6.07, 6.45) is 0. The van der Waals surface area contributed by atoms with Crippen LogP contribution >= 0.6 is 11.3 Å². The first kappa shape index (κ1) is 13.7. The number of hydrogen-bond acceptors (Lipinski definition) is 4. The van der Waals surface area contributed by atoms with Crippen LogP contribution in [0.25, 0.3) is 0 Å². The molecular formula is C11H19NO2S2. The molecular weight excluding hydrogens is 242 g/mol. The van der Waals surface area contributed by atoms with Gasteiger partial charge in [-0.1, -0.05) is 0 Å². The third kappa shape index (κ3) is 3.88. The fraction of sp³-hybridized carbons (Fsp3) is 0.636. The highest BCUT2D eigenvalue weighted by Crippen LogP contribution is 2.15. The molecule has 0 aliphatic rings. The molecule has 5 heteroatoms. The van der Waals surface area contributed by atoms with E-state index in [0.717, 1.165) is 0 Å². The summed E-state index contributed by atoms with van der Waals surface area (Å²) >= 11 is 1.65. The van der Waals surface area contributed by atoms with Crippen LogP contribution in [0.2, 0.25) is 0 Å². The summed E-state index contributed by atoms with van der Waals surface area (Å²) in [4.78, 5) is 0. The molecule has 92 valence electrons. The van der Waals surface area contributed by atoms with Crippen molar-refractivity contribution in [2.75, 3.05) is 12.3 Å². The molecule has 1 aromatic heterocycles. The molecule has 3 nitrogen and oxygen atoms in total. The lowest BCUT2D eigenvalue weighted by atomic mass is 10.2. The second-order valence-electron chi connectivity index (χ2n) is 4.15. The summed E-state index contributed by atoms with van der Waals surface area (Å²) in [5, 5.41) is 7.04. The Balaban J connectivity index is 2.37. The lowest BCUT2D eigenvalue weighted by Gasteiger charge is -2.13. The Labute approximate surface area is 102 Å². The molecule has 0 amide bonds. The van der Waals surface area contributed by atoms with Crippen LogP contribution < -0.4 is 5.32 Å². The zero-order chi connectivity index (χ0) is 12.2. The Hall–Kier alpha value is -0.390. The molecule has 0 spiro atoms.